The summed E-state index contributed by atoms with van der Waals surface area (Å²) in [6, 6.07) is 26.0. The number of methoxy groups -OCH3 is 1. The molecule has 0 N–H and O–H groups in total. The Hall–Kier alpha value is -2.54. The highest BCUT2D eigenvalue weighted by atomic mass is 16.5. The Bertz CT molecular complexity index is 802. The first kappa shape index (κ1) is 13.1. The van der Waals surface area contributed by atoms with Gasteiger partial charge in [0.15, 0.2) is 0 Å². The third-order valence-corrected chi connectivity index (χ3v) is 4.59. The van der Waals surface area contributed by atoms with Gasteiger partial charge >= 0.3 is 0 Å². The summed E-state index contributed by atoms with van der Waals surface area (Å²) >= 11 is 0. The van der Waals surface area contributed by atoms with Gasteiger partial charge in [-0.25, -0.2) is 0 Å². The van der Waals surface area contributed by atoms with E-state index in [9.17, 15) is 0 Å². The largest absolute Gasteiger partial charge is 0.497 e. The van der Waals surface area contributed by atoms with E-state index in [-0.39, 0.29) is 0 Å². The van der Waals surface area contributed by atoms with Crippen LogP contribution in [0, 0.1) is 0 Å². The van der Waals surface area contributed by atoms with Crippen molar-refractivity contribution in [1.82, 2.24) is 0 Å². The minimum absolute atomic E-state index is 0.414. The standard InChI is InChI=1S/C21H18O/c1-22-17-12-10-15(11-13-17)21-14-16-6-2-3-7-18(16)19-8-4-5-9-20(19)21/h2-13,21H,14H2,1H3. The van der Waals surface area contributed by atoms with E-state index in [2.05, 4.69) is 72.8 Å². The topological polar surface area (TPSA) is 9.23 Å². The molecule has 0 amide bonds. The second-order valence-corrected chi connectivity index (χ2v) is 5.77. The molecule has 22 heavy (non-hydrogen) atoms. The Labute approximate surface area is 131 Å². The normalized spacial score (nSPS) is 15.8. The Kier molecular flexibility index (Phi) is 3.19. The molecule has 1 aliphatic rings. The van der Waals surface area contributed by atoms with Crippen LogP contribution >= 0.6 is 0 Å². The maximum absolute atomic E-state index is 5.28. The van der Waals surface area contributed by atoms with E-state index in [1.54, 1.807) is 7.11 Å². The van der Waals surface area contributed by atoms with Gasteiger partial charge in [-0.2, -0.15) is 0 Å². The van der Waals surface area contributed by atoms with E-state index in [1.807, 2.05) is 0 Å². The first-order valence-corrected chi connectivity index (χ1v) is 7.68. The Morgan fingerprint density at radius 3 is 2.23 bits per heavy atom. The fourth-order valence-corrected chi connectivity index (χ4v) is 3.47. The number of fused-ring (bicyclic) bond motifs is 3. The van der Waals surface area contributed by atoms with Crippen LogP contribution in [-0.4, -0.2) is 7.11 Å². The molecule has 3 aromatic rings. The maximum atomic E-state index is 5.28. The third kappa shape index (κ3) is 2.10. The van der Waals surface area contributed by atoms with E-state index in [0.717, 1.165) is 12.2 Å². The maximum Gasteiger partial charge on any atom is 0.118 e. The summed E-state index contributed by atoms with van der Waals surface area (Å²) in [5.41, 5.74) is 6.95. The van der Waals surface area contributed by atoms with Crippen molar-refractivity contribution in [2.75, 3.05) is 7.11 Å². The van der Waals surface area contributed by atoms with Gasteiger partial charge in [0.2, 0.25) is 0 Å². The number of ether oxygens (including phenoxy) is 1. The lowest BCUT2D eigenvalue weighted by Gasteiger charge is -2.28. The van der Waals surface area contributed by atoms with E-state index in [1.165, 1.54) is 27.8 Å². The molecule has 0 radical (unpaired) electrons. The SMILES string of the molecule is COc1ccc(C2Cc3ccccc3-c3ccccc32)cc1. The van der Waals surface area contributed by atoms with Gasteiger partial charge in [-0.05, 0) is 46.4 Å². The fourth-order valence-electron chi connectivity index (χ4n) is 3.47. The van der Waals surface area contributed by atoms with Crippen molar-refractivity contribution in [3.63, 3.8) is 0 Å². The highest BCUT2D eigenvalue weighted by Gasteiger charge is 2.25. The number of hydrogen-bond donors (Lipinski definition) is 0. The van der Waals surface area contributed by atoms with Gasteiger partial charge in [-0.1, -0.05) is 60.7 Å². The van der Waals surface area contributed by atoms with E-state index in [0.29, 0.717) is 5.92 Å². The van der Waals surface area contributed by atoms with Gasteiger partial charge in [-0.3, -0.25) is 0 Å². The van der Waals surface area contributed by atoms with Crippen molar-refractivity contribution >= 4 is 0 Å². The molecule has 1 aliphatic carbocycles. The van der Waals surface area contributed by atoms with E-state index >= 15 is 0 Å². The predicted octanol–water partition coefficient (Wildman–Crippen LogP) is 5.05. The zero-order valence-electron chi connectivity index (χ0n) is 12.6. The molecule has 0 aliphatic heterocycles. The second kappa shape index (κ2) is 5.34. The van der Waals surface area contributed by atoms with Crippen LogP contribution in [0.4, 0.5) is 0 Å². The minimum Gasteiger partial charge on any atom is -0.497 e. The molecular weight excluding hydrogens is 268 g/mol. The first-order chi connectivity index (χ1) is 10.9. The molecule has 0 fully saturated rings. The van der Waals surface area contributed by atoms with Crippen molar-refractivity contribution in [3.8, 4) is 16.9 Å². The predicted molar refractivity (Wildman–Crippen MR) is 90.4 cm³/mol. The summed E-state index contributed by atoms with van der Waals surface area (Å²) in [5.74, 6) is 1.32. The lowest BCUT2D eigenvalue weighted by molar-refractivity contribution is 0.414. The van der Waals surface area contributed by atoms with Gasteiger partial charge < -0.3 is 4.74 Å². The van der Waals surface area contributed by atoms with Crippen molar-refractivity contribution in [2.24, 2.45) is 0 Å². The molecule has 0 aromatic heterocycles. The Morgan fingerprint density at radius 2 is 1.45 bits per heavy atom. The van der Waals surface area contributed by atoms with Crippen LogP contribution in [0.15, 0.2) is 72.8 Å². The first-order valence-electron chi connectivity index (χ1n) is 7.68. The molecule has 4 rings (SSSR count). The van der Waals surface area contributed by atoms with Crippen LogP contribution in [0.3, 0.4) is 0 Å². The summed E-state index contributed by atoms with van der Waals surface area (Å²) < 4.78 is 5.28. The average molecular weight is 286 g/mol. The van der Waals surface area contributed by atoms with Crippen molar-refractivity contribution < 1.29 is 4.74 Å². The molecule has 0 saturated heterocycles. The molecular formula is C21H18O. The average Bonchev–Trinajstić information content (AvgIpc) is 2.61. The van der Waals surface area contributed by atoms with E-state index < -0.39 is 0 Å². The van der Waals surface area contributed by atoms with Crippen molar-refractivity contribution in [2.45, 2.75) is 12.3 Å². The Morgan fingerprint density at radius 1 is 0.773 bits per heavy atom. The number of benzene rings is 3. The number of hydrogen-bond acceptors (Lipinski definition) is 1. The lowest BCUT2D eigenvalue weighted by Crippen LogP contribution is -2.12. The van der Waals surface area contributed by atoms with Gasteiger partial charge in [0.05, 0.1) is 7.11 Å². The van der Waals surface area contributed by atoms with Crippen molar-refractivity contribution in [3.05, 3.63) is 89.5 Å². The molecule has 1 unspecified atom stereocenters. The van der Waals surface area contributed by atoms with Crippen LogP contribution in [0.5, 0.6) is 5.75 Å². The molecule has 3 aromatic carbocycles. The second-order valence-electron chi connectivity index (χ2n) is 5.77. The van der Waals surface area contributed by atoms with Gasteiger partial charge in [0, 0.05) is 5.92 Å². The van der Waals surface area contributed by atoms with Crippen LogP contribution in [-0.2, 0) is 6.42 Å². The molecule has 1 nitrogen and oxygen atoms in total. The fraction of sp³-hybridized carbons (Fsp3) is 0.143. The van der Waals surface area contributed by atoms with Crippen LogP contribution in [0.25, 0.3) is 11.1 Å². The van der Waals surface area contributed by atoms with Gasteiger partial charge in [0.1, 0.15) is 5.75 Å². The summed E-state index contributed by atoms with van der Waals surface area (Å²) in [7, 11) is 1.71. The quantitative estimate of drug-likeness (QED) is 0.640. The molecule has 1 heteroatoms. The Balaban J connectivity index is 1.85. The molecule has 1 atom stereocenters. The van der Waals surface area contributed by atoms with Gasteiger partial charge in [-0.15, -0.1) is 0 Å². The van der Waals surface area contributed by atoms with Gasteiger partial charge in [0.25, 0.3) is 0 Å². The molecule has 0 bridgehead atoms. The van der Waals surface area contributed by atoms with Crippen LogP contribution in [0.1, 0.15) is 22.6 Å². The monoisotopic (exact) mass is 286 g/mol. The zero-order valence-corrected chi connectivity index (χ0v) is 12.6. The zero-order chi connectivity index (χ0) is 14.9. The van der Waals surface area contributed by atoms with E-state index in [4.69, 9.17) is 4.74 Å². The highest BCUT2D eigenvalue weighted by molar-refractivity contribution is 5.75. The lowest BCUT2D eigenvalue weighted by atomic mass is 9.76. The summed E-state index contributed by atoms with van der Waals surface area (Å²) in [4.78, 5) is 0. The van der Waals surface area contributed by atoms with Crippen LogP contribution < -0.4 is 4.74 Å². The molecule has 0 saturated carbocycles. The smallest absolute Gasteiger partial charge is 0.118 e. The number of rotatable bonds is 2. The molecule has 0 spiro atoms. The highest BCUT2D eigenvalue weighted by Crippen LogP contribution is 2.42. The minimum atomic E-state index is 0.414. The molecule has 108 valence electrons. The summed E-state index contributed by atoms with van der Waals surface area (Å²) in [6.45, 7) is 0. The summed E-state index contributed by atoms with van der Waals surface area (Å²) in [6.07, 6.45) is 1.06. The van der Waals surface area contributed by atoms with Crippen molar-refractivity contribution in [1.29, 1.82) is 0 Å². The summed E-state index contributed by atoms with van der Waals surface area (Å²) in [5, 5.41) is 0. The van der Waals surface area contributed by atoms with Crippen LogP contribution in [0.2, 0.25) is 0 Å². The third-order valence-electron chi connectivity index (χ3n) is 4.59. The molecule has 0 heterocycles.